The third kappa shape index (κ3) is 6.76. The second-order valence-electron chi connectivity index (χ2n) is 11.0. The Kier molecular flexibility index (Phi) is 8.02. The molecule has 2 aromatic rings. The molecule has 1 N–H and O–H groups in total. The quantitative estimate of drug-likeness (QED) is 0.682. The Bertz CT molecular complexity index is 1000. The molecule has 2 aliphatic heterocycles. The van der Waals surface area contributed by atoms with Crippen molar-refractivity contribution in [2.24, 2.45) is 5.92 Å². The molecular formula is C27H41N7O. The number of aryl methyl sites for hydroxylation is 1. The summed E-state index contributed by atoms with van der Waals surface area (Å²) in [4.78, 5) is 33.9. The van der Waals surface area contributed by atoms with Crippen LogP contribution in [0.3, 0.4) is 0 Å². The van der Waals surface area contributed by atoms with Crippen LogP contribution >= 0.6 is 0 Å². The van der Waals surface area contributed by atoms with Crippen LogP contribution in [0.4, 0.5) is 5.82 Å². The minimum absolute atomic E-state index is 0.0601. The van der Waals surface area contributed by atoms with E-state index in [1.807, 2.05) is 20.2 Å². The van der Waals surface area contributed by atoms with E-state index in [2.05, 4.69) is 69.0 Å². The van der Waals surface area contributed by atoms with Crippen molar-refractivity contribution in [2.45, 2.75) is 59.0 Å². The molecule has 2 aromatic heterocycles. The van der Waals surface area contributed by atoms with Crippen molar-refractivity contribution in [1.29, 1.82) is 0 Å². The van der Waals surface area contributed by atoms with Crippen LogP contribution in [0.25, 0.3) is 0 Å². The van der Waals surface area contributed by atoms with E-state index in [0.29, 0.717) is 5.91 Å². The molecule has 0 atom stereocenters. The predicted octanol–water partition coefficient (Wildman–Crippen LogP) is 3.08. The molecule has 0 radical (unpaired) electrons. The molecule has 8 heteroatoms. The molecule has 35 heavy (non-hydrogen) atoms. The van der Waals surface area contributed by atoms with Crippen molar-refractivity contribution >= 4 is 11.7 Å². The van der Waals surface area contributed by atoms with E-state index in [9.17, 15) is 4.79 Å². The van der Waals surface area contributed by atoms with Gasteiger partial charge < -0.3 is 10.2 Å². The topological polar surface area (TPSA) is 77.5 Å². The molecular weight excluding hydrogens is 438 g/mol. The van der Waals surface area contributed by atoms with Crippen molar-refractivity contribution in [3.8, 4) is 0 Å². The summed E-state index contributed by atoms with van der Waals surface area (Å²) in [7, 11) is 1.89. The molecule has 0 unspecified atom stereocenters. The zero-order valence-electron chi connectivity index (χ0n) is 22.0. The van der Waals surface area contributed by atoms with E-state index in [1.54, 1.807) is 0 Å². The fraction of sp³-hybridized carbons (Fsp3) is 0.630. The highest BCUT2D eigenvalue weighted by Gasteiger charge is 2.30. The van der Waals surface area contributed by atoms with Gasteiger partial charge in [-0.15, -0.1) is 0 Å². The lowest BCUT2D eigenvalue weighted by Gasteiger charge is -2.38. The van der Waals surface area contributed by atoms with Crippen molar-refractivity contribution in [1.82, 2.24) is 29.7 Å². The van der Waals surface area contributed by atoms with Gasteiger partial charge in [-0.3, -0.25) is 14.6 Å². The molecule has 0 saturated carbocycles. The summed E-state index contributed by atoms with van der Waals surface area (Å²) in [5.74, 6) is 2.30. The van der Waals surface area contributed by atoms with E-state index in [0.717, 1.165) is 88.2 Å². The van der Waals surface area contributed by atoms with Crippen LogP contribution < -0.4 is 5.32 Å². The third-order valence-electron chi connectivity index (χ3n) is 7.07. The second-order valence-corrected chi connectivity index (χ2v) is 11.0. The lowest BCUT2D eigenvalue weighted by Crippen LogP contribution is -2.51. The Morgan fingerprint density at radius 2 is 1.69 bits per heavy atom. The first-order valence-electron chi connectivity index (χ1n) is 12.9. The van der Waals surface area contributed by atoms with Crippen molar-refractivity contribution in [3.63, 3.8) is 0 Å². The number of nitrogens with zero attached hydrogens (tertiary/aromatic N) is 6. The number of amides is 1. The molecule has 2 fully saturated rings. The van der Waals surface area contributed by atoms with Gasteiger partial charge in [0.25, 0.3) is 0 Å². The standard InChI is InChI=1S/C27H41N7O/c1-20-16-23(31-26(30-20)27(2,3)4)19-33-12-14-34(15-13-33)25(35)22-7-10-32(11-8-22)18-21-6-9-29-24(17-21)28-5/h6,9,16-17,22H,7-8,10-15,18-19H2,1-5H3,(H,28,29). The number of hydrogen-bond donors (Lipinski definition) is 1. The van der Waals surface area contributed by atoms with Gasteiger partial charge in [-0.1, -0.05) is 20.8 Å². The van der Waals surface area contributed by atoms with Gasteiger partial charge in [-0.2, -0.15) is 0 Å². The highest BCUT2D eigenvalue weighted by atomic mass is 16.2. The fourth-order valence-electron chi connectivity index (χ4n) is 4.97. The van der Waals surface area contributed by atoms with Crippen LogP contribution in [0.15, 0.2) is 24.4 Å². The van der Waals surface area contributed by atoms with E-state index in [4.69, 9.17) is 4.98 Å². The largest absolute Gasteiger partial charge is 0.373 e. The van der Waals surface area contributed by atoms with Crippen LogP contribution in [-0.4, -0.2) is 81.9 Å². The maximum absolute atomic E-state index is 13.2. The average Bonchev–Trinajstić information content (AvgIpc) is 2.84. The Morgan fingerprint density at radius 3 is 2.34 bits per heavy atom. The smallest absolute Gasteiger partial charge is 0.225 e. The van der Waals surface area contributed by atoms with Crippen molar-refractivity contribution < 1.29 is 4.79 Å². The highest BCUT2D eigenvalue weighted by molar-refractivity contribution is 5.79. The second kappa shape index (κ2) is 11.0. The van der Waals surface area contributed by atoms with Crippen LogP contribution in [0.5, 0.6) is 0 Å². The van der Waals surface area contributed by atoms with Gasteiger partial charge in [-0.05, 0) is 56.6 Å². The lowest BCUT2D eigenvalue weighted by molar-refractivity contribution is -0.139. The summed E-state index contributed by atoms with van der Waals surface area (Å²) in [6.07, 6.45) is 3.74. The van der Waals surface area contributed by atoms with Gasteiger partial charge in [0.1, 0.15) is 11.6 Å². The number of pyridine rings is 1. The molecule has 0 aromatic carbocycles. The summed E-state index contributed by atoms with van der Waals surface area (Å²) < 4.78 is 0. The molecule has 4 rings (SSSR count). The van der Waals surface area contributed by atoms with Gasteiger partial charge >= 0.3 is 0 Å². The van der Waals surface area contributed by atoms with Crippen molar-refractivity contribution in [3.05, 3.63) is 47.2 Å². The number of hydrogen-bond acceptors (Lipinski definition) is 7. The first-order chi connectivity index (χ1) is 16.7. The minimum Gasteiger partial charge on any atom is -0.373 e. The average molecular weight is 480 g/mol. The maximum Gasteiger partial charge on any atom is 0.225 e. The number of aromatic nitrogens is 3. The van der Waals surface area contributed by atoms with E-state index in [-0.39, 0.29) is 11.3 Å². The summed E-state index contributed by atoms with van der Waals surface area (Å²) in [5, 5.41) is 3.10. The zero-order chi connectivity index (χ0) is 25.0. The first kappa shape index (κ1) is 25.5. The Labute approximate surface area is 210 Å². The van der Waals surface area contributed by atoms with Crippen LogP contribution in [0.1, 0.15) is 56.4 Å². The molecule has 0 aliphatic carbocycles. The van der Waals surface area contributed by atoms with Gasteiger partial charge in [-0.25, -0.2) is 15.0 Å². The number of carbonyl (C=O) groups is 1. The molecule has 2 saturated heterocycles. The van der Waals surface area contributed by atoms with Crippen LogP contribution in [0, 0.1) is 12.8 Å². The molecule has 0 spiro atoms. The number of nitrogens with one attached hydrogen (secondary N) is 1. The molecule has 0 bridgehead atoms. The van der Waals surface area contributed by atoms with Gasteiger partial charge in [0.05, 0.1) is 5.69 Å². The van der Waals surface area contributed by atoms with E-state index < -0.39 is 0 Å². The molecule has 2 aliphatic rings. The predicted molar refractivity (Wildman–Crippen MR) is 139 cm³/mol. The lowest BCUT2D eigenvalue weighted by atomic mass is 9.94. The summed E-state index contributed by atoms with van der Waals surface area (Å²) in [6.45, 7) is 15.6. The monoisotopic (exact) mass is 479 g/mol. The van der Waals surface area contributed by atoms with Gasteiger partial charge in [0, 0.05) is 69.5 Å². The number of anilines is 1. The maximum atomic E-state index is 13.2. The number of piperidine rings is 1. The number of rotatable bonds is 6. The zero-order valence-corrected chi connectivity index (χ0v) is 22.0. The van der Waals surface area contributed by atoms with Crippen LogP contribution in [0.2, 0.25) is 0 Å². The van der Waals surface area contributed by atoms with E-state index >= 15 is 0 Å². The van der Waals surface area contributed by atoms with Gasteiger partial charge in [0.15, 0.2) is 0 Å². The Morgan fingerprint density at radius 1 is 1.00 bits per heavy atom. The molecule has 8 nitrogen and oxygen atoms in total. The van der Waals surface area contributed by atoms with Gasteiger partial charge in [0.2, 0.25) is 5.91 Å². The normalized spacial score (nSPS) is 18.6. The number of likely N-dealkylation sites (tertiary alicyclic amines) is 1. The Balaban J connectivity index is 1.24. The number of piperazine rings is 1. The minimum atomic E-state index is -0.0601. The Hall–Kier alpha value is -2.58. The number of carbonyl (C=O) groups excluding carboxylic acids is 1. The van der Waals surface area contributed by atoms with Crippen LogP contribution in [-0.2, 0) is 23.3 Å². The van der Waals surface area contributed by atoms with Crippen molar-refractivity contribution in [2.75, 3.05) is 51.6 Å². The highest BCUT2D eigenvalue weighted by Crippen LogP contribution is 2.23. The first-order valence-corrected chi connectivity index (χ1v) is 12.9. The summed E-state index contributed by atoms with van der Waals surface area (Å²) in [6, 6.07) is 6.26. The molecule has 4 heterocycles. The fourth-order valence-corrected chi connectivity index (χ4v) is 4.97. The SMILES string of the molecule is CNc1cc(CN2CCC(C(=O)N3CCN(Cc4cc(C)nc(C(C)(C)C)n4)CC3)CC2)ccn1. The van der Waals surface area contributed by atoms with E-state index in [1.165, 1.54) is 5.56 Å². The molecule has 190 valence electrons. The third-order valence-corrected chi connectivity index (χ3v) is 7.07. The summed E-state index contributed by atoms with van der Waals surface area (Å²) >= 11 is 0. The molecule has 1 amide bonds. The summed E-state index contributed by atoms with van der Waals surface area (Å²) in [5.41, 5.74) is 3.30.